The Morgan fingerprint density at radius 2 is 1.86 bits per heavy atom. The molecule has 4 heteroatoms. The number of hydrogen-bond acceptors (Lipinski definition) is 2. The molecule has 0 saturated heterocycles. The molecule has 120 valence electrons. The van der Waals surface area contributed by atoms with Crippen LogP contribution in [-0.4, -0.2) is 31.1 Å². The lowest BCUT2D eigenvalue weighted by atomic mass is 10.0. The van der Waals surface area contributed by atoms with Crippen molar-refractivity contribution in [2.45, 2.75) is 46.2 Å². The molecule has 0 radical (unpaired) electrons. The van der Waals surface area contributed by atoms with Crippen molar-refractivity contribution in [3.63, 3.8) is 0 Å². The maximum Gasteiger partial charge on any atom is 0.163 e. The summed E-state index contributed by atoms with van der Waals surface area (Å²) in [6, 6.07) is 4.70. The third kappa shape index (κ3) is 5.04. The second-order valence-electron chi connectivity index (χ2n) is 6.01. The summed E-state index contributed by atoms with van der Waals surface area (Å²) < 4.78 is 27.4. The molecular weight excluding hydrogens is 270 g/mol. The summed E-state index contributed by atoms with van der Waals surface area (Å²) in [5.74, 6) is -0.944. The van der Waals surface area contributed by atoms with Crippen molar-refractivity contribution in [3.8, 4) is 0 Å². The van der Waals surface area contributed by atoms with Gasteiger partial charge in [0.1, 0.15) is 0 Å². The molecular formula is C17H28F2N2. The Hall–Kier alpha value is -1.00. The molecule has 2 atom stereocenters. The van der Waals surface area contributed by atoms with Gasteiger partial charge >= 0.3 is 0 Å². The van der Waals surface area contributed by atoms with Gasteiger partial charge in [-0.25, -0.2) is 8.78 Å². The molecule has 1 aromatic carbocycles. The van der Waals surface area contributed by atoms with Crippen LogP contribution >= 0.6 is 0 Å². The minimum atomic E-state index is -0.778. The van der Waals surface area contributed by atoms with Gasteiger partial charge in [0.2, 0.25) is 0 Å². The fourth-order valence-corrected chi connectivity index (χ4v) is 2.45. The van der Waals surface area contributed by atoms with E-state index < -0.39 is 11.6 Å². The van der Waals surface area contributed by atoms with Crippen molar-refractivity contribution < 1.29 is 8.78 Å². The minimum absolute atomic E-state index is 0.160. The molecule has 0 aromatic heterocycles. The molecule has 2 unspecified atom stereocenters. The molecule has 0 aliphatic heterocycles. The quantitative estimate of drug-likeness (QED) is 0.781. The predicted molar refractivity (Wildman–Crippen MR) is 84.3 cm³/mol. The third-order valence-electron chi connectivity index (χ3n) is 4.24. The summed E-state index contributed by atoms with van der Waals surface area (Å²) in [4.78, 5) is 2.27. The Bertz CT molecular complexity index is 435. The average Bonchev–Trinajstić information content (AvgIpc) is 2.45. The van der Waals surface area contributed by atoms with E-state index >= 15 is 0 Å². The van der Waals surface area contributed by atoms with Crippen molar-refractivity contribution in [1.29, 1.82) is 0 Å². The zero-order valence-corrected chi connectivity index (χ0v) is 13.8. The Kier molecular flexibility index (Phi) is 7.26. The smallest absolute Gasteiger partial charge is 0.163 e. The molecule has 0 heterocycles. The van der Waals surface area contributed by atoms with Crippen LogP contribution in [0, 0.1) is 17.6 Å². The lowest BCUT2D eigenvalue weighted by Gasteiger charge is -2.29. The standard InChI is InChI=1S/C17H28F2N2/c1-6-20-16(10-11-21(5)13(4)12(2)3)14-8-7-9-15(18)17(14)19/h7-9,12-13,16,20H,6,10-11H2,1-5H3. The van der Waals surface area contributed by atoms with Crippen molar-refractivity contribution in [2.24, 2.45) is 5.92 Å². The highest BCUT2D eigenvalue weighted by atomic mass is 19.2. The van der Waals surface area contributed by atoms with Crippen molar-refractivity contribution in [3.05, 3.63) is 35.4 Å². The van der Waals surface area contributed by atoms with E-state index in [1.165, 1.54) is 0 Å². The number of hydrogen-bond donors (Lipinski definition) is 1. The highest BCUT2D eigenvalue weighted by Crippen LogP contribution is 2.23. The second kappa shape index (κ2) is 8.44. The van der Waals surface area contributed by atoms with E-state index in [-0.39, 0.29) is 6.04 Å². The van der Waals surface area contributed by atoms with Gasteiger partial charge in [0.25, 0.3) is 0 Å². The van der Waals surface area contributed by atoms with Crippen molar-refractivity contribution >= 4 is 0 Å². The molecule has 0 saturated carbocycles. The average molecular weight is 298 g/mol. The van der Waals surface area contributed by atoms with E-state index in [9.17, 15) is 8.78 Å². The molecule has 0 aliphatic carbocycles. The zero-order valence-electron chi connectivity index (χ0n) is 13.8. The molecule has 0 bridgehead atoms. The Labute approximate surface area is 127 Å². The minimum Gasteiger partial charge on any atom is -0.310 e. The van der Waals surface area contributed by atoms with Gasteiger partial charge in [-0.15, -0.1) is 0 Å². The number of nitrogens with one attached hydrogen (secondary N) is 1. The SMILES string of the molecule is CCNC(CCN(C)C(C)C(C)C)c1cccc(F)c1F. The first-order chi connectivity index (χ1) is 9.88. The second-order valence-corrected chi connectivity index (χ2v) is 6.01. The third-order valence-corrected chi connectivity index (χ3v) is 4.24. The molecule has 1 N–H and O–H groups in total. The lowest BCUT2D eigenvalue weighted by Crippen LogP contribution is -2.36. The van der Waals surface area contributed by atoms with Gasteiger partial charge in [0.05, 0.1) is 0 Å². The first-order valence-electron chi connectivity index (χ1n) is 7.76. The first kappa shape index (κ1) is 18.1. The fraction of sp³-hybridized carbons (Fsp3) is 0.647. The summed E-state index contributed by atoms with van der Waals surface area (Å²) in [6.45, 7) is 10.1. The summed E-state index contributed by atoms with van der Waals surface area (Å²) in [7, 11) is 2.08. The largest absolute Gasteiger partial charge is 0.310 e. The number of benzene rings is 1. The topological polar surface area (TPSA) is 15.3 Å². The molecule has 0 amide bonds. The van der Waals surface area contributed by atoms with Gasteiger partial charge in [0.15, 0.2) is 11.6 Å². The van der Waals surface area contributed by atoms with Crippen LogP contribution in [0.1, 0.15) is 45.7 Å². The van der Waals surface area contributed by atoms with Gasteiger partial charge in [-0.1, -0.05) is 32.9 Å². The number of nitrogens with zero attached hydrogens (tertiary/aromatic N) is 1. The van der Waals surface area contributed by atoms with Gasteiger partial charge < -0.3 is 10.2 Å². The molecule has 0 spiro atoms. The molecule has 21 heavy (non-hydrogen) atoms. The molecule has 2 nitrogen and oxygen atoms in total. The van der Waals surface area contributed by atoms with Gasteiger partial charge in [-0.3, -0.25) is 0 Å². The van der Waals surface area contributed by atoms with E-state index in [1.807, 2.05) is 6.92 Å². The van der Waals surface area contributed by atoms with Crippen molar-refractivity contribution in [1.82, 2.24) is 10.2 Å². The van der Waals surface area contributed by atoms with Crippen LogP contribution in [0.2, 0.25) is 0 Å². The molecule has 1 aromatic rings. The Balaban J connectivity index is 2.76. The molecule has 1 rings (SSSR count). The summed E-state index contributed by atoms with van der Waals surface area (Å²) in [5, 5.41) is 3.26. The van der Waals surface area contributed by atoms with Gasteiger partial charge in [-0.05, 0) is 45.5 Å². The van der Waals surface area contributed by atoms with Crippen LogP contribution in [0.25, 0.3) is 0 Å². The van der Waals surface area contributed by atoms with Gasteiger partial charge in [0, 0.05) is 17.6 Å². The lowest BCUT2D eigenvalue weighted by molar-refractivity contribution is 0.198. The van der Waals surface area contributed by atoms with E-state index in [0.29, 0.717) is 17.5 Å². The zero-order chi connectivity index (χ0) is 16.0. The van der Waals surface area contributed by atoms with Crippen LogP contribution in [0.5, 0.6) is 0 Å². The van der Waals surface area contributed by atoms with Crippen LogP contribution in [0.3, 0.4) is 0 Å². The maximum atomic E-state index is 14.0. The highest BCUT2D eigenvalue weighted by molar-refractivity contribution is 5.22. The number of halogens is 2. The summed E-state index contributed by atoms with van der Waals surface area (Å²) in [5.41, 5.74) is 0.419. The van der Waals surface area contributed by atoms with Crippen LogP contribution < -0.4 is 5.32 Å². The molecule has 0 fully saturated rings. The molecule has 0 aliphatic rings. The normalized spacial score (nSPS) is 14.7. The van der Waals surface area contributed by atoms with E-state index in [0.717, 1.165) is 25.6 Å². The first-order valence-corrected chi connectivity index (χ1v) is 7.76. The maximum absolute atomic E-state index is 14.0. The predicted octanol–water partition coefficient (Wildman–Crippen LogP) is 3.98. The summed E-state index contributed by atoms with van der Waals surface area (Å²) >= 11 is 0. The highest BCUT2D eigenvalue weighted by Gasteiger charge is 2.19. The van der Waals surface area contributed by atoms with Crippen LogP contribution in [-0.2, 0) is 0 Å². The van der Waals surface area contributed by atoms with Crippen molar-refractivity contribution in [2.75, 3.05) is 20.1 Å². The number of rotatable bonds is 8. The van der Waals surface area contributed by atoms with E-state index in [4.69, 9.17) is 0 Å². The monoisotopic (exact) mass is 298 g/mol. The fourth-order valence-electron chi connectivity index (χ4n) is 2.45. The van der Waals surface area contributed by atoms with Gasteiger partial charge in [-0.2, -0.15) is 0 Å². The van der Waals surface area contributed by atoms with Crippen LogP contribution in [0.4, 0.5) is 8.78 Å². The van der Waals surface area contributed by atoms with E-state index in [1.54, 1.807) is 12.1 Å². The van der Waals surface area contributed by atoms with E-state index in [2.05, 4.69) is 38.0 Å². The Morgan fingerprint density at radius 1 is 1.19 bits per heavy atom. The van der Waals surface area contributed by atoms with Crippen LogP contribution in [0.15, 0.2) is 18.2 Å². The Morgan fingerprint density at radius 3 is 2.43 bits per heavy atom. The summed E-state index contributed by atoms with van der Waals surface area (Å²) in [6.07, 6.45) is 0.752.